The zero-order valence-corrected chi connectivity index (χ0v) is 14.2. The van der Waals surface area contributed by atoms with Crippen LogP contribution in [0.4, 0.5) is 0 Å². The predicted molar refractivity (Wildman–Crippen MR) is 87.7 cm³/mol. The Morgan fingerprint density at radius 1 is 1.04 bits per heavy atom. The molecule has 2 aliphatic heterocycles. The predicted octanol–water partition coefficient (Wildman–Crippen LogP) is -0.103. The summed E-state index contributed by atoms with van der Waals surface area (Å²) in [5, 5.41) is 28.3. The summed E-state index contributed by atoms with van der Waals surface area (Å²) in [6, 6.07) is 0. The monoisotopic (exact) mass is 373 g/mol. The molecule has 0 bridgehead atoms. The molecule has 0 aromatic rings. The van der Waals surface area contributed by atoms with Crippen molar-refractivity contribution >= 4 is 17.8 Å². The first kappa shape index (κ1) is 21.4. The SMILES string of the molecule is O=C(C1CCNCC1)N1CCC(O[N+](=O)[O-])CC1.O=C(O)/C=C/C(=O)O. The lowest BCUT2D eigenvalue weighted by Gasteiger charge is -2.34. The molecule has 11 nitrogen and oxygen atoms in total. The van der Waals surface area contributed by atoms with E-state index in [2.05, 4.69) is 10.2 Å². The molecule has 1 amide bonds. The van der Waals surface area contributed by atoms with Gasteiger partial charge in [0.25, 0.3) is 5.09 Å². The van der Waals surface area contributed by atoms with Gasteiger partial charge in [-0.15, -0.1) is 10.1 Å². The molecule has 2 aliphatic rings. The van der Waals surface area contributed by atoms with Gasteiger partial charge in [-0.2, -0.15) is 0 Å². The van der Waals surface area contributed by atoms with Gasteiger partial charge < -0.3 is 25.3 Å². The van der Waals surface area contributed by atoms with Crippen LogP contribution in [0.25, 0.3) is 0 Å². The third-order valence-corrected chi connectivity index (χ3v) is 4.05. The Morgan fingerprint density at radius 2 is 1.54 bits per heavy atom. The van der Waals surface area contributed by atoms with Crippen LogP contribution in [0.1, 0.15) is 25.7 Å². The molecule has 146 valence electrons. The standard InChI is InChI=1S/C11H19N3O4.C4H4O4/c15-11(9-1-5-12-6-2-9)13-7-3-10(4-8-13)18-14(16)17;5-3(6)1-2-4(7)8/h9-10,12H,1-8H2;1-2H,(H,5,6)(H,7,8)/b;2-1+. The number of carboxylic acids is 2. The fourth-order valence-corrected chi connectivity index (χ4v) is 2.77. The van der Waals surface area contributed by atoms with E-state index >= 15 is 0 Å². The Labute approximate surface area is 149 Å². The highest BCUT2D eigenvalue weighted by Gasteiger charge is 2.30. The fourth-order valence-electron chi connectivity index (χ4n) is 2.77. The van der Waals surface area contributed by atoms with Gasteiger partial charge in [0.05, 0.1) is 0 Å². The van der Waals surface area contributed by atoms with Crippen LogP contribution in [-0.2, 0) is 19.2 Å². The largest absolute Gasteiger partial charge is 0.478 e. The van der Waals surface area contributed by atoms with Crippen molar-refractivity contribution < 1.29 is 34.5 Å². The molecular formula is C15H23N3O8. The maximum atomic E-state index is 12.2. The molecule has 0 aliphatic carbocycles. The molecule has 0 unspecified atom stereocenters. The molecule has 2 rings (SSSR count). The van der Waals surface area contributed by atoms with Crippen molar-refractivity contribution in [2.24, 2.45) is 5.92 Å². The Morgan fingerprint density at radius 3 is 1.96 bits per heavy atom. The second kappa shape index (κ2) is 11.0. The fraction of sp³-hybridized carbons (Fsp3) is 0.667. The van der Waals surface area contributed by atoms with Crippen molar-refractivity contribution in [1.29, 1.82) is 0 Å². The zero-order valence-electron chi connectivity index (χ0n) is 14.2. The van der Waals surface area contributed by atoms with Crippen LogP contribution in [0.15, 0.2) is 12.2 Å². The Balaban J connectivity index is 0.000000359. The third kappa shape index (κ3) is 8.42. The number of carbonyl (C=O) groups excluding carboxylic acids is 1. The molecule has 2 heterocycles. The van der Waals surface area contributed by atoms with Gasteiger partial charge in [-0.25, -0.2) is 9.59 Å². The van der Waals surface area contributed by atoms with Crippen molar-refractivity contribution in [3.8, 4) is 0 Å². The number of hydrogen-bond donors (Lipinski definition) is 3. The summed E-state index contributed by atoms with van der Waals surface area (Å²) in [7, 11) is 0. The lowest BCUT2D eigenvalue weighted by Crippen LogP contribution is -2.46. The summed E-state index contributed by atoms with van der Waals surface area (Å²) in [5.74, 6) is -2.19. The lowest BCUT2D eigenvalue weighted by molar-refractivity contribution is -0.769. The number of aliphatic carboxylic acids is 2. The number of carbonyl (C=O) groups is 3. The molecule has 0 saturated carbocycles. The van der Waals surface area contributed by atoms with Gasteiger partial charge in [0, 0.05) is 31.2 Å². The summed E-state index contributed by atoms with van der Waals surface area (Å²) >= 11 is 0. The van der Waals surface area contributed by atoms with E-state index in [1.165, 1.54) is 0 Å². The van der Waals surface area contributed by atoms with Crippen molar-refractivity contribution in [3.63, 3.8) is 0 Å². The molecule has 0 radical (unpaired) electrons. The number of piperidine rings is 2. The van der Waals surface area contributed by atoms with E-state index in [0.717, 1.165) is 25.9 Å². The Hall–Kier alpha value is -2.69. The second-order valence-corrected chi connectivity index (χ2v) is 5.89. The van der Waals surface area contributed by atoms with Crippen LogP contribution < -0.4 is 5.32 Å². The summed E-state index contributed by atoms with van der Waals surface area (Å²) in [6.07, 6.45) is 3.66. The van der Waals surface area contributed by atoms with E-state index in [-0.39, 0.29) is 17.9 Å². The first-order valence-electron chi connectivity index (χ1n) is 8.24. The van der Waals surface area contributed by atoms with Crippen LogP contribution in [0.3, 0.4) is 0 Å². The number of hydrogen-bond acceptors (Lipinski definition) is 7. The topological polar surface area (TPSA) is 159 Å². The lowest BCUT2D eigenvalue weighted by atomic mass is 9.95. The van der Waals surface area contributed by atoms with E-state index in [1.54, 1.807) is 0 Å². The highest BCUT2D eigenvalue weighted by atomic mass is 17.0. The molecular weight excluding hydrogens is 350 g/mol. The van der Waals surface area contributed by atoms with Crippen molar-refractivity contribution in [2.45, 2.75) is 31.8 Å². The zero-order chi connectivity index (χ0) is 19.5. The highest BCUT2D eigenvalue weighted by Crippen LogP contribution is 2.20. The molecule has 2 fully saturated rings. The summed E-state index contributed by atoms with van der Waals surface area (Å²) < 4.78 is 0. The van der Waals surface area contributed by atoms with E-state index < -0.39 is 17.0 Å². The van der Waals surface area contributed by atoms with Crippen molar-refractivity contribution in [1.82, 2.24) is 10.2 Å². The van der Waals surface area contributed by atoms with Crippen LogP contribution in [0.2, 0.25) is 0 Å². The number of amides is 1. The Kier molecular flexibility index (Phi) is 9.06. The molecule has 0 aromatic carbocycles. The summed E-state index contributed by atoms with van der Waals surface area (Å²) in [5.41, 5.74) is 0. The molecule has 3 N–H and O–H groups in total. The quantitative estimate of drug-likeness (QED) is 0.339. The molecule has 11 heteroatoms. The number of nitrogens with zero attached hydrogens (tertiary/aromatic N) is 2. The van der Waals surface area contributed by atoms with E-state index in [0.29, 0.717) is 38.1 Å². The van der Waals surface area contributed by atoms with Gasteiger partial charge in [-0.05, 0) is 38.8 Å². The van der Waals surface area contributed by atoms with Crippen molar-refractivity contribution in [2.75, 3.05) is 26.2 Å². The van der Waals surface area contributed by atoms with Gasteiger partial charge in [-0.3, -0.25) is 4.79 Å². The van der Waals surface area contributed by atoms with Crippen LogP contribution in [-0.4, -0.2) is 70.3 Å². The van der Waals surface area contributed by atoms with Crippen LogP contribution >= 0.6 is 0 Å². The molecule has 0 aromatic heterocycles. The van der Waals surface area contributed by atoms with Gasteiger partial charge in [0.15, 0.2) is 0 Å². The smallest absolute Gasteiger partial charge is 0.328 e. The number of likely N-dealkylation sites (tertiary alicyclic amines) is 1. The van der Waals surface area contributed by atoms with E-state index in [4.69, 9.17) is 10.2 Å². The molecule has 26 heavy (non-hydrogen) atoms. The minimum Gasteiger partial charge on any atom is -0.478 e. The normalized spacial score (nSPS) is 18.7. The molecule has 2 saturated heterocycles. The van der Waals surface area contributed by atoms with E-state index in [1.807, 2.05) is 4.90 Å². The van der Waals surface area contributed by atoms with Crippen molar-refractivity contribution in [3.05, 3.63) is 22.3 Å². The molecule has 0 spiro atoms. The highest BCUT2D eigenvalue weighted by molar-refractivity contribution is 5.89. The van der Waals surface area contributed by atoms with Gasteiger partial charge >= 0.3 is 11.9 Å². The summed E-state index contributed by atoms with van der Waals surface area (Å²) in [4.78, 5) is 47.9. The number of nitrogens with one attached hydrogen (secondary N) is 1. The minimum absolute atomic E-state index is 0.124. The third-order valence-electron chi connectivity index (χ3n) is 4.05. The first-order chi connectivity index (χ1) is 12.3. The van der Waals surface area contributed by atoms with Crippen LogP contribution in [0.5, 0.6) is 0 Å². The van der Waals surface area contributed by atoms with Gasteiger partial charge in [0.1, 0.15) is 6.10 Å². The molecule has 0 atom stereocenters. The average molecular weight is 373 g/mol. The Bertz CT molecular complexity index is 521. The number of carboxylic acid groups (broad SMARTS) is 2. The number of rotatable bonds is 5. The van der Waals surface area contributed by atoms with Crippen LogP contribution in [0, 0.1) is 16.0 Å². The minimum atomic E-state index is -1.26. The van der Waals surface area contributed by atoms with E-state index in [9.17, 15) is 24.5 Å². The maximum Gasteiger partial charge on any atom is 0.328 e. The summed E-state index contributed by atoms with van der Waals surface area (Å²) in [6.45, 7) is 2.94. The first-order valence-corrected chi connectivity index (χ1v) is 8.24. The average Bonchev–Trinajstić information content (AvgIpc) is 2.61. The second-order valence-electron chi connectivity index (χ2n) is 5.89. The van der Waals surface area contributed by atoms with Gasteiger partial charge in [0.2, 0.25) is 5.91 Å². The van der Waals surface area contributed by atoms with Gasteiger partial charge in [-0.1, -0.05) is 0 Å². The maximum absolute atomic E-state index is 12.2.